The van der Waals surface area contributed by atoms with E-state index in [0.717, 1.165) is 12.8 Å². The number of hydrogen-bond acceptors (Lipinski definition) is 4. The second-order valence-corrected chi connectivity index (χ2v) is 7.80. The number of aryl methyl sites for hydroxylation is 1. The lowest BCUT2D eigenvalue weighted by Gasteiger charge is -2.28. The molecule has 1 saturated heterocycles. The first-order chi connectivity index (χ1) is 8.66. The predicted molar refractivity (Wildman–Crippen MR) is 76.1 cm³/mol. The van der Waals surface area contributed by atoms with Crippen LogP contribution in [-0.4, -0.2) is 30.5 Å². The van der Waals surface area contributed by atoms with Crippen molar-refractivity contribution in [3.63, 3.8) is 0 Å². The summed E-state index contributed by atoms with van der Waals surface area (Å²) < 4.78 is 6.49. The molecule has 0 amide bonds. The molecule has 5 heteroatoms. The van der Waals surface area contributed by atoms with Gasteiger partial charge in [0.15, 0.2) is 0 Å². The summed E-state index contributed by atoms with van der Waals surface area (Å²) in [5.41, 5.74) is 0.755. The van der Waals surface area contributed by atoms with Gasteiger partial charge in [-0.2, -0.15) is 0 Å². The van der Waals surface area contributed by atoms with Crippen molar-refractivity contribution >= 4 is 27.3 Å². The minimum absolute atomic E-state index is 0.390. The molecule has 2 aliphatic rings. The molecular weight excluding hydrogens is 314 g/mol. The van der Waals surface area contributed by atoms with E-state index < -0.39 is 5.60 Å². The molecule has 18 heavy (non-hydrogen) atoms. The topological polar surface area (TPSA) is 41.5 Å². The van der Waals surface area contributed by atoms with Crippen molar-refractivity contribution in [3.05, 3.63) is 20.3 Å². The minimum Gasteiger partial charge on any atom is -0.386 e. The zero-order valence-corrected chi connectivity index (χ0v) is 12.6. The summed E-state index contributed by atoms with van der Waals surface area (Å²) in [5, 5.41) is 13.8. The van der Waals surface area contributed by atoms with Crippen LogP contribution in [0.3, 0.4) is 0 Å². The Hall–Kier alpha value is 0.0600. The van der Waals surface area contributed by atoms with Gasteiger partial charge in [-0.15, -0.1) is 11.3 Å². The number of nitrogens with one attached hydrogen (secondary N) is 1. The van der Waals surface area contributed by atoms with Gasteiger partial charge in [-0.1, -0.05) is 0 Å². The average molecular weight is 332 g/mol. The van der Waals surface area contributed by atoms with Gasteiger partial charge >= 0.3 is 0 Å². The molecule has 100 valence electrons. The lowest BCUT2D eigenvalue weighted by molar-refractivity contribution is 0.0243. The van der Waals surface area contributed by atoms with Crippen LogP contribution in [0.25, 0.3) is 0 Å². The van der Waals surface area contributed by atoms with E-state index in [9.17, 15) is 5.11 Å². The highest BCUT2D eigenvalue weighted by atomic mass is 79.9. The van der Waals surface area contributed by atoms with Crippen LogP contribution < -0.4 is 5.32 Å². The molecule has 0 aromatic carbocycles. The lowest BCUT2D eigenvalue weighted by atomic mass is 9.93. The Morgan fingerprint density at radius 2 is 2.50 bits per heavy atom. The van der Waals surface area contributed by atoms with Gasteiger partial charge in [0.05, 0.1) is 10.4 Å². The van der Waals surface area contributed by atoms with Gasteiger partial charge in [-0.25, -0.2) is 0 Å². The summed E-state index contributed by atoms with van der Waals surface area (Å²) in [6.45, 7) is 1.77. The van der Waals surface area contributed by atoms with Crippen LogP contribution in [-0.2, 0) is 11.2 Å². The quantitative estimate of drug-likeness (QED) is 0.894. The fourth-order valence-corrected chi connectivity index (χ4v) is 4.60. The fraction of sp³-hybridized carbons (Fsp3) is 0.692. The normalized spacial score (nSPS) is 31.6. The largest absolute Gasteiger partial charge is 0.386 e. The van der Waals surface area contributed by atoms with Gasteiger partial charge in [-0.3, -0.25) is 0 Å². The first-order valence-electron chi connectivity index (χ1n) is 6.48. The van der Waals surface area contributed by atoms with Gasteiger partial charge in [0.25, 0.3) is 0 Å². The molecule has 1 aliphatic heterocycles. The molecule has 2 unspecified atom stereocenters. The molecule has 3 rings (SSSR count). The van der Waals surface area contributed by atoms with E-state index in [4.69, 9.17) is 4.74 Å². The molecule has 0 spiro atoms. The maximum Gasteiger partial charge on any atom is 0.103 e. The molecular formula is C13H18BrNO2S. The molecule has 0 saturated carbocycles. The molecule has 0 radical (unpaired) electrons. The van der Waals surface area contributed by atoms with Crippen LogP contribution in [0, 0.1) is 0 Å². The molecule has 2 heterocycles. The van der Waals surface area contributed by atoms with Crippen LogP contribution >= 0.6 is 27.3 Å². The van der Waals surface area contributed by atoms with Gasteiger partial charge in [0.2, 0.25) is 0 Å². The number of thiophene rings is 1. The highest BCUT2D eigenvalue weighted by Gasteiger charge is 2.33. The van der Waals surface area contributed by atoms with Gasteiger partial charge in [0, 0.05) is 30.5 Å². The Morgan fingerprint density at radius 1 is 1.61 bits per heavy atom. The summed E-state index contributed by atoms with van der Waals surface area (Å²) >= 11 is 5.41. The lowest BCUT2D eigenvalue weighted by Crippen LogP contribution is -2.42. The highest BCUT2D eigenvalue weighted by Crippen LogP contribution is 2.38. The van der Waals surface area contributed by atoms with Gasteiger partial charge in [-0.05, 0) is 46.8 Å². The Morgan fingerprint density at radius 3 is 3.28 bits per heavy atom. The van der Waals surface area contributed by atoms with E-state index in [1.165, 1.54) is 27.1 Å². The highest BCUT2D eigenvalue weighted by molar-refractivity contribution is 9.11. The molecule has 0 bridgehead atoms. The Kier molecular flexibility index (Phi) is 3.78. The SMILES string of the molecule is OC1(CNC2CCCc3sc(Br)cc32)CCOC1. The van der Waals surface area contributed by atoms with E-state index in [2.05, 4.69) is 27.3 Å². The summed E-state index contributed by atoms with van der Waals surface area (Å²) in [5.74, 6) is 0. The standard InChI is InChI=1S/C13H18BrNO2S/c14-12-6-9-10(2-1-3-11(9)18-12)15-7-13(16)4-5-17-8-13/h6,10,15-16H,1-5,7-8H2. The maximum absolute atomic E-state index is 10.3. The fourth-order valence-electron chi connectivity index (χ4n) is 2.78. The summed E-state index contributed by atoms with van der Waals surface area (Å²) in [6.07, 6.45) is 4.32. The van der Waals surface area contributed by atoms with Crippen molar-refractivity contribution in [2.45, 2.75) is 37.3 Å². The molecule has 2 N–H and O–H groups in total. The van der Waals surface area contributed by atoms with Crippen LogP contribution in [0.15, 0.2) is 9.85 Å². The van der Waals surface area contributed by atoms with Crippen molar-refractivity contribution < 1.29 is 9.84 Å². The average Bonchev–Trinajstić information content (AvgIpc) is 2.92. The third-order valence-corrected chi connectivity index (χ3v) is 5.56. The van der Waals surface area contributed by atoms with E-state index in [-0.39, 0.29) is 0 Å². The second kappa shape index (κ2) is 5.21. The minimum atomic E-state index is -0.662. The molecule has 1 fully saturated rings. The Labute approximate surface area is 120 Å². The molecule has 1 aromatic rings. The smallest absolute Gasteiger partial charge is 0.103 e. The van der Waals surface area contributed by atoms with Crippen LogP contribution in [0.1, 0.15) is 35.7 Å². The third kappa shape index (κ3) is 2.65. The maximum atomic E-state index is 10.3. The second-order valence-electron chi connectivity index (χ2n) is 5.28. The van der Waals surface area contributed by atoms with Crippen molar-refractivity contribution in [3.8, 4) is 0 Å². The van der Waals surface area contributed by atoms with E-state index >= 15 is 0 Å². The third-order valence-electron chi connectivity index (χ3n) is 3.84. The number of halogens is 1. The summed E-state index contributed by atoms with van der Waals surface area (Å²) in [7, 11) is 0. The summed E-state index contributed by atoms with van der Waals surface area (Å²) in [4.78, 5) is 1.49. The number of aliphatic hydroxyl groups is 1. The first-order valence-corrected chi connectivity index (χ1v) is 8.09. The van der Waals surface area contributed by atoms with Crippen molar-refractivity contribution in [1.82, 2.24) is 5.32 Å². The zero-order valence-electron chi connectivity index (χ0n) is 10.2. The first kappa shape index (κ1) is 13.1. The monoisotopic (exact) mass is 331 g/mol. The molecule has 1 aliphatic carbocycles. The number of rotatable bonds is 3. The number of ether oxygens (including phenoxy) is 1. The molecule has 3 nitrogen and oxygen atoms in total. The van der Waals surface area contributed by atoms with Crippen molar-refractivity contribution in [2.75, 3.05) is 19.8 Å². The van der Waals surface area contributed by atoms with E-state index in [0.29, 0.717) is 25.8 Å². The van der Waals surface area contributed by atoms with E-state index in [1.54, 1.807) is 0 Å². The molecule has 2 atom stereocenters. The number of hydrogen-bond donors (Lipinski definition) is 2. The van der Waals surface area contributed by atoms with E-state index in [1.807, 2.05) is 11.3 Å². The predicted octanol–water partition coefficient (Wildman–Crippen LogP) is 2.63. The summed E-state index contributed by atoms with van der Waals surface area (Å²) in [6, 6.07) is 2.62. The Bertz CT molecular complexity index is 429. The Balaban J connectivity index is 1.67. The zero-order chi connectivity index (χ0) is 12.6. The van der Waals surface area contributed by atoms with Crippen molar-refractivity contribution in [1.29, 1.82) is 0 Å². The van der Waals surface area contributed by atoms with Crippen LogP contribution in [0.2, 0.25) is 0 Å². The number of fused-ring (bicyclic) bond motifs is 1. The molecule has 1 aromatic heterocycles. The van der Waals surface area contributed by atoms with Gasteiger partial charge < -0.3 is 15.2 Å². The van der Waals surface area contributed by atoms with Gasteiger partial charge in [0.1, 0.15) is 5.60 Å². The van der Waals surface area contributed by atoms with Crippen LogP contribution in [0.4, 0.5) is 0 Å². The van der Waals surface area contributed by atoms with Crippen molar-refractivity contribution in [2.24, 2.45) is 0 Å². The van der Waals surface area contributed by atoms with Crippen LogP contribution in [0.5, 0.6) is 0 Å².